The Bertz CT molecular complexity index is 461. The van der Waals surface area contributed by atoms with E-state index in [4.69, 9.17) is 4.74 Å². The number of ether oxygens (including phenoxy) is 1. The Morgan fingerprint density at radius 3 is 2.72 bits per heavy atom. The lowest BCUT2D eigenvalue weighted by Crippen LogP contribution is -2.25. The standard InChI is InChI=1S/C15H17BrO2/c1-12(11-17)7-6-10-15(2,3)18-14-9-5-4-8-13(14)16/h4-6,8-11H,1,7H2,2-3H3/b10-6+. The number of hydrogen-bond donors (Lipinski definition) is 0. The minimum Gasteiger partial charge on any atom is -0.483 e. The van der Waals surface area contributed by atoms with Crippen molar-refractivity contribution in [3.63, 3.8) is 0 Å². The first-order valence-corrected chi connectivity index (χ1v) is 6.48. The average Bonchev–Trinajstić information content (AvgIpc) is 2.31. The second-order valence-electron chi connectivity index (χ2n) is 4.52. The summed E-state index contributed by atoms with van der Waals surface area (Å²) in [5.74, 6) is 0.793. The van der Waals surface area contributed by atoms with E-state index in [2.05, 4.69) is 22.5 Å². The molecule has 0 radical (unpaired) electrons. The lowest BCUT2D eigenvalue weighted by atomic mass is 10.1. The van der Waals surface area contributed by atoms with Crippen molar-refractivity contribution in [1.29, 1.82) is 0 Å². The topological polar surface area (TPSA) is 26.3 Å². The number of benzene rings is 1. The molecule has 0 amide bonds. The molecule has 0 saturated carbocycles. The molecule has 1 aromatic carbocycles. The highest BCUT2D eigenvalue weighted by Gasteiger charge is 2.16. The van der Waals surface area contributed by atoms with Crippen LogP contribution in [0.1, 0.15) is 20.3 Å². The highest BCUT2D eigenvalue weighted by Crippen LogP contribution is 2.28. The molecule has 2 nitrogen and oxygen atoms in total. The number of carbonyl (C=O) groups is 1. The van der Waals surface area contributed by atoms with E-state index >= 15 is 0 Å². The first-order valence-electron chi connectivity index (χ1n) is 5.69. The van der Waals surface area contributed by atoms with Gasteiger partial charge in [-0.05, 0) is 60.0 Å². The Morgan fingerprint density at radius 1 is 1.44 bits per heavy atom. The molecule has 0 aliphatic heterocycles. The number of rotatable bonds is 6. The summed E-state index contributed by atoms with van der Waals surface area (Å²) in [6, 6.07) is 7.70. The molecular weight excluding hydrogens is 292 g/mol. The van der Waals surface area contributed by atoms with Crippen LogP contribution in [-0.4, -0.2) is 11.9 Å². The van der Waals surface area contributed by atoms with Crippen LogP contribution in [0.3, 0.4) is 0 Å². The van der Waals surface area contributed by atoms with E-state index in [-0.39, 0.29) is 0 Å². The fraction of sp³-hybridized carbons (Fsp3) is 0.267. The summed E-state index contributed by atoms with van der Waals surface area (Å²) in [5, 5.41) is 0. The number of carbonyl (C=O) groups excluding carboxylic acids is 1. The van der Waals surface area contributed by atoms with Gasteiger partial charge in [0.25, 0.3) is 0 Å². The number of hydrogen-bond acceptors (Lipinski definition) is 2. The van der Waals surface area contributed by atoms with E-state index in [0.717, 1.165) is 16.5 Å². The van der Waals surface area contributed by atoms with E-state index in [0.29, 0.717) is 12.0 Å². The molecule has 1 rings (SSSR count). The van der Waals surface area contributed by atoms with Gasteiger partial charge < -0.3 is 4.74 Å². The maximum absolute atomic E-state index is 10.4. The second kappa shape index (κ2) is 6.55. The van der Waals surface area contributed by atoms with Crippen LogP contribution in [0.4, 0.5) is 0 Å². The molecule has 0 unspecified atom stereocenters. The summed E-state index contributed by atoms with van der Waals surface area (Å²) in [6.45, 7) is 7.55. The zero-order chi connectivity index (χ0) is 13.6. The van der Waals surface area contributed by atoms with E-state index in [1.54, 1.807) is 0 Å². The van der Waals surface area contributed by atoms with Crippen LogP contribution < -0.4 is 4.74 Å². The van der Waals surface area contributed by atoms with Crippen molar-refractivity contribution < 1.29 is 9.53 Å². The lowest BCUT2D eigenvalue weighted by Gasteiger charge is -2.23. The summed E-state index contributed by atoms with van der Waals surface area (Å²) in [5.41, 5.74) is 0.121. The zero-order valence-corrected chi connectivity index (χ0v) is 12.2. The molecular formula is C15H17BrO2. The molecule has 0 bridgehead atoms. The van der Waals surface area contributed by atoms with Crippen LogP contribution in [-0.2, 0) is 4.79 Å². The van der Waals surface area contributed by atoms with Crippen LogP contribution in [0.2, 0.25) is 0 Å². The highest BCUT2D eigenvalue weighted by molar-refractivity contribution is 9.10. The largest absolute Gasteiger partial charge is 0.483 e. The first-order chi connectivity index (χ1) is 8.44. The van der Waals surface area contributed by atoms with Crippen LogP contribution >= 0.6 is 15.9 Å². The fourth-order valence-electron chi connectivity index (χ4n) is 1.39. The van der Waals surface area contributed by atoms with Crippen LogP contribution in [0, 0.1) is 0 Å². The summed E-state index contributed by atoms with van der Waals surface area (Å²) in [4.78, 5) is 10.4. The summed E-state index contributed by atoms with van der Waals surface area (Å²) in [7, 11) is 0. The molecule has 18 heavy (non-hydrogen) atoms. The van der Waals surface area contributed by atoms with Crippen molar-refractivity contribution in [3.8, 4) is 5.75 Å². The van der Waals surface area contributed by atoms with Gasteiger partial charge in [-0.2, -0.15) is 0 Å². The van der Waals surface area contributed by atoms with Crippen molar-refractivity contribution in [3.05, 3.63) is 53.0 Å². The third-order valence-electron chi connectivity index (χ3n) is 2.28. The molecule has 0 N–H and O–H groups in total. The van der Waals surface area contributed by atoms with E-state index in [9.17, 15) is 4.79 Å². The second-order valence-corrected chi connectivity index (χ2v) is 5.37. The van der Waals surface area contributed by atoms with Gasteiger partial charge in [-0.15, -0.1) is 0 Å². The minimum atomic E-state index is -0.437. The first kappa shape index (κ1) is 14.7. The lowest BCUT2D eigenvalue weighted by molar-refractivity contribution is -0.104. The number of aldehydes is 1. The van der Waals surface area contributed by atoms with Crippen molar-refractivity contribution >= 4 is 22.2 Å². The Morgan fingerprint density at radius 2 is 2.11 bits per heavy atom. The van der Waals surface area contributed by atoms with Gasteiger partial charge in [0.2, 0.25) is 0 Å². The molecule has 0 aliphatic rings. The zero-order valence-electron chi connectivity index (χ0n) is 10.7. The van der Waals surface area contributed by atoms with Gasteiger partial charge >= 0.3 is 0 Å². The van der Waals surface area contributed by atoms with Gasteiger partial charge in [-0.3, -0.25) is 4.79 Å². The molecule has 0 heterocycles. The smallest absolute Gasteiger partial charge is 0.145 e. The average molecular weight is 309 g/mol. The molecule has 96 valence electrons. The maximum Gasteiger partial charge on any atom is 0.145 e. The number of para-hydroxylation sites is 1. The van der Waals surface area contributed by atoms with Crippen molar-refractivity contribution in [2.75, 3.05) is 0 Å². The van der Waals surface area contributed by atoms with Crippen LogP contribution in [0.5, 0.6) is 5.75 Å². The summed E-state index contributed by atoms with van der Waals surface area (Å²) < 4.78 is 6.82. The van der Waals surface area contributed by atoms with Gasteiger partial charge in [0.1, 0.15) is 17.6 Å². The van der Waals surface area contributed by atoms with E-state index < -0.39 is 5.60 Å². The van der Waals surface area contributed by atoms with E-state index in [1.165, 1.54) is 0 Å². The van der Waals surface area contributed by atoms with Crippen LogP contribution in [0.15, 0.2) is 53.0 Å². The Kier molecular flexibility index (Phi) is 5.35. The third-order valence-corrected chi connectivity index (χ3v) is 2.93. The number of halogens is 1. The van der Waals surface area contributed by atoms with Crippen molar-refractivity contribution in [2.24, 2.45) is 0 Å². The molecule has 0 aromatic heterocycles. The summed E-state index contributed by atoms with van der Waals surface area (Å²) in [6.07, 6.45) is 5.15. The summed E-state index contributed by atoms with van der Waals surface area (Å²) >= 11 is 3.44. The predicted octanol–water partition coefficient (Wildman–Crippen LogP) is 4.31. The van der Waals surface area contributed by atoms with Gasteiger partial charge in [-0.25, -0.2) is 0 Å². The van der Waals surface area contributed by atoms with Crippen LogP contribution in [0.25, 0.3) is 0 Å². The van der Waals surface area contributed by atoms with Gasteiger partial charge in [-0.1, -0.05) is 24.8 Å². The predicted molar refractivity (Wildman–Crippen MR) is 77.8 cm³/mol. The Labute approximate surface area is 116 Å². The molecule has 0 atom stereocenters. The van der Waals surface area contributed by atoms with E-state index in [1.807, 2.05) is 50.3 Å². The molecule has 0 fully saturated rings. The fourth-order valence-corrected chi connectivity index (χ4v) is 1.75. The Hall–Kier alpha value is -1.35. The highest BCUT2D eigenvalue weighted by atomic mass is 79.9. The third kappa shape index (κ3) is 4.88. The molecule has 0 saturated heterocycles. The molecule has 3 heteroatoms. The SMILES string of the molecule is C=C(C=O)C/C=C/C(C)(C)Oc1ccccc1Br. The molecule has 0 aliphatic carbocycles. The van der Waals surface area contributed by atoms with Crippen molar-refractivity contribution in [1.82, 2.24) is 0 Å². The molecule has 1 aromatic rings. The monoisotopic (exact) mass is 308 g/mol. The van der Waals surface area contributed by atoms with Gasteiger partial charge in [0, 0.05) is 0 Å². The Balaban J connectivity index is 2.67. The van der Waals surface area contributed by atoms with Gasteiger partial charge in [0.15, 0.2) is 0 Å². The normalized spacial score (nSPS) is 11.5. The van der Waals surface area contributed by atoms with Gasteiger partial charge in [0.05, 0.1) is 4.47 Å². The quantitative estimate of drug-likeness (QED) is 0.445. The molecule has 0 spiro atoms. The minimum absolute atomic E-state index is 0.437. The van der Waals surface area contributed by atoms with Crippen molar-refractivity contribution in [2.45, 2.75) is 25.9 Å². The number of allylic oxidation sites excluding steroid dienone is 2. The maximum atomic E-state index is 10.4.